The lowest BCUT2D eigenvalue weighted by atomic mass is 10.0. The van der Waals surface area contributed by atoms with Gasteiger partial charge in [0.2, 0.25) is 0 Å². The van der Waals surface area contributed by atoms with Crippen LogP contribution in [0.15, 0.2) is 42.5 Å². The number of nitrogens with zero attached hydrogens (tertiary/aromatic N) is 4. The fourth-order valence-corrected chi connectivity index (χ4v) is 7.66. The van der Waals surface area contributed by atoms with Gasteiger partial charge in [0.25, 0.3) is 5.91 Å². The first-order chi connectivity index (χ1) is 21.6. The lowest BCUT2D eigenvalue weighted by Gasteiger charge is -2.29. The summed E-state index contributed by atoms with van der Waals surface area (Å²) in [7, 11) is 0. The Bertz CT molecular complexity index is 1810. The number of amides is 2. The number of para-hydroxylation sites is 1. The van der Waals surface area contributed by atoms with E-state index in [2.05, 4.69) is 39.5 Å². The Morgan fingerprint density at radius 1 is 1.02 bits per heavy atom. The minimum atomic E-state index is -0.603. The molecule has 4 aliphatic rings. The molecule has 8 rings (SSSR count). The van der Waals surface area contributed by atoms with Crippen LogP contribution in [0.4, 0.5) is 9.18 Å². The van der Waals surface area contributed by atoms with Gasteiger partial charge in [-0.3, -0.25) is 4.79 Å². The van der Waals surface area contributed by atoms with Crippen LogP contribution in [0.5, 0.6) is 0 Å². The fraction of sp³-hybridized carbons (Fsp3) is 0.514. The summed E-state index contributed by atoms with van der Waals surface area (Å²) < 4.78 is 26.1. The molecule has 45 heavy (non-hydrogen) atoms. The minimum Gasteiger partial charge on any atom is -0.444 e. The molecule has 2 aliphatic heterocycles. The van der Waals surface area contributed by atoms with E-state index in [-0.39, 0.29) is 23.9 Å². The molecule has 0 spiro atoms. The zero-order valence-electron chi connectivity index (χ0n) is 26.2. The molecule has 3 atom stereocenters. The van der Waals surface area contributed by atoms with Crippen LogP contribution in [0, 0.1) is 23.6 Å². The quantitative estimate of drug-likeness (QED) is 0.285. The molecule has 4 fully saturated rings. The van der Waals surface area contributed by atoms with Crippen molar-refractivity contribution in [2.45, 2.75) is 77.2 Å². The standard InChI is InChI=1S/C35H41FN6O3/c1-35(2,3)45-34(44)39-30-23-10-11-28(30)41(19-23)33(43)24-12-25(36)31-26(13-24)38-32(42(31)18-21-15-37-16-21)29-14-22-6-4-5-7-27(22)40(29)17-20-8-9-20/h4-7,12-14,20-21,23,28,30,37H,8-11,15-19H2,1-3H3,(H,39,44)/t23-,28-,30-/m1/s1. The summed E-state index contributed by atoms with van der Waals surface area (Å²) in [5, 5.41) is 7.50. The molecule has 2 bridgehead atoms. The smallest absolute Gasteiger partial charge is 0.407 e. The van der Waals surface area contributed by atoms with Crippen LogP contribution in [-0.4, -0.2) is 68.3 Å². The van der Waals surface area contributed by atoms with Gasteiger partial charge in [0.1, 0.15) is 16.9 Å². The molecule has 2 N–H and O–H groups in total. The lowest BCUT2D eigenvalue weighted by Crippen LogP contribution is -2.46. The first kappa shape index (κ1) is 28.5. The van der Waals surface area contributed by atoms with Gasteiger partial charge in [-0.1, -0.05) is 18.2 Å². The maximum absolute atomic E-state index is 16.2. The number of fused-ring (bicyclic) bond motifs is 4. The maximum atomic E-state index is 16.2. The number of nitrogens with one attached hydrogen (secondary N) is 2. The fourth-order valence-electron chi connectivity index (χ4n) is 7.66. The second kappa shape index (κ2) is 10.6. The maximum Gasteiger partial charge on any atom is 0.407 e. The number of piperidine rings is 1. The summed E-state index contributed by atoms with van der Waals surface area (Å²) in [6, 6.07) is 13.4. The first-order valence-corrected chi connectivity index (χ1v) is 16.4. The Balaban J connectivity index is 1.15. The van der Waals surface area contributed by atoms with E-state index in [9.17, 15) is 9.59 Å². The van der Waals surface area contributed by atoms with Gasteiger partial charge in [-0.05, 0) is 82.6 Å². The number of hydrogen-bond acceptors (Lipinski definition) is 5. The Hall–Kier alpha value is -3.92. The molecule has 2 aromatic carbocycles. The van der Waals surface area contributed by atoms with E-state index >= 15 is 4.39 Å². The normalized spacial score (nSPS) is 23.2. The van der Waals surface area contributed by atoms with Crippen molar-refractivity contribution in [1.29, 1.82) is 0 Å². The first-order valence-electron chi connectivity index (χ1n) is 16.4. The monoisotopic (exact) mass is 612 g/mol. The number of rotatable bonds is 7. The molecule has 10 heteroatoms. The van der Waals surface area contributed by atoms with Crippen molar-refractivity contribution in [3.05, 3.63) is 53.8 Å². The van der Waals surface area contributed by atoms with Crippen LogP contribution < -0.4 is 10.6 Å². The number of aromatic nitrogens is 3. The minimum absolute atomic E-state index is 0.147. The van der Waals surface area contributed by atoms with Crippen molar-refractivity contribution >= 4 is 33.9 Å². The molecule has 9 nitrogen and oxygen atoms in total. The Morgan fingerprint density at radius 2 is 1.80 bits per heavy atom. The number of imidazole rings is 1. The predicted molar refractivity (Wildman–Crippen MR) is 170 cm³/mol. The molecule has 4 aromatic rings. The van der Waals surface area contributed by atoms with Gasteiger partial charge in [-0.2, -0.15) is 0 Å². The number of halogens is 1. The molecule has 2 aliphatic carbocycles. The number of hydrogen-bond donors (Lipinski definition) is 2. The third-order valence-electron chi connectivity index (χ3n) is 10.1. The van der Waals surface area contributed by atoms with E-state index in [1.54, 1.807) is 6.07 Å². The number of carbonyl (C=O) groups excluding carboxylic acids is 2. The highest BCUT2D eigenvalue weighted by Crippen LogP contribution is 2.40. The van der Waals surface area contributed by atoms with Gasteiger partial charge in [0, 0.05) is 55.1 Å². The van der Waals surface area contributed by atoms with Crippen LogP contribution >= 0.6 is 0 Å². The van der Waals surface area contributed by atoms with Crippen molar-refractivity contribution in [3.63, 3.8) is 0 Å². The van der Waals surface area contributed by atoms with Gasteiger partial charge in [-0.25, -0.2) is 14.2 Å². The summed E-state index contributed by atoms with van der Waals surface area (Å²) in [6.45, 7) is 9.37. The van der Waals surface area contributed by atoms with Crippen LogP contribution in [0.3, 0.4) is 0 Å². The Labute approximate surface area is 262 Å². The highest BCUT2D eigenvalue weighted by Gasteiger charge is 2.50. The number of ether oxygens (including phenoxy) is 1. The second-order valence-corrected chi connectivity index (χ2v) is 14.6. The average molecular weight is 613 g/mol. The van der Waals surface area contributed by atoms with Crippen molar-refractivity contribution < 1.29 is 18.7 Å². The van der Waals surface area contributed by atoms with Crippen LogP contribution in [-0.2, 0) is 17.8 Å². The average Bonchev–Trinajstić information content (AvgIpc) is 3.28. The lowest BCUT2D eigenvalue weighted by molar-refractivity contribution is 0.0485. The molecule has 0 unspecified atom stereocenters. The van der Waals surface area contributed by atoms with E-state index < -0.39 is 17.5 Å². The van der Waals surface area contributed by atoms with Crippen molar-refractivity contribution in [3.8, 4) is 11.5 Å². The molecule has 2 saturated carbocycles. The molecule has 0 radical (unpaired) electrons. The van der Waals surface area contributed by atoms with E-state index in [4.69, 9.17) is 9.72 Å². The summed E-state index contributed by atoms with van der Waals surface area (Å²) >= 11 is 0. The van der Waals surface area contributed by atoms with Gasteiger partial charge in [0.15, 0.2) is 5.82 Å². The largest absolute Gasteiger partial charge is 0.444 e. The summed E-state index contributed by atoms with van der Waals surface area (Å²) in [4.78, 5) is 33.4. The molecular weight excluding hydrogens is 571 g/mol. The number of carbonyl (C=O) groups is 2. The topological polar surface area (TPSA) is 93.4 Å². The molecule has 4 heterocycles. The second-order valence-electron chi connectivity index (χ2n) is 14.6. The predicted octanol–water partition coefficient (Wildman–Crippen LogP) is 5.55. The zero-order chi connectivity index (χ0) is 31.0. The van der Waals surface area contributed by atoms with Gasteiger partial charge < -0.3 is 29.4 Å². The molecular formula is C35H41FN6O3. The molecule has 2 saturated heterocycles. The van der Waals surface area contributed by atoms with Gasteiger partial charge in [-0.15, -0.1) is 0 Å². The molecule has 2 amide bonds. The Kier molecular flexibility index (Phi) is 6.71. The van der Waals surface area contributed by atoms with Crippen molar-refractivity contribution in [2.24, 2.45) is 17.8 Å². The summed E-state index contributed by atoms with van der Waals surface area (Å²) in [5.41, 5.74) is 2.79. The Morgan fingerprint density at radius 3 is 2.53 bits per heavy atom. The van der Waals surface area contributed by atoms with Gasteiger partial charge >= 0.3 is 6.09 Å². The van der Waals surface area contributed by atoms with E-state index in [0.717, 1.165) is 49.4 Å². The third kappa shape index (κ3) is 5.16. The van der Waals surface area contributed by atoms with Gasteiger partial charge in [0.05, 0.1) is 23.3 Å². The van der Waals surface area contributed by atoms with E-state index in [1.165, 1.54) is 24.4 Å². The summed E-state index contributed by atoms with van der Waals surface area (Å²) in [5.74, 6) is 1.28. The number of alkyl carbamates (subject to hydrolysis) is 1. The number of benzene rings is 2. The van der Waals surface area contributed by atoms with Crippen LogP contribution in [0.1, 0.15) is 56.8 Å². The number of likely N-dealkylation sites (tertiary alicyclic amines) is 1. The van der Waals surface area contributed by atoms with E-state index in [0.29, 0.717) is 41.5 Å². The van der Waals surface area contributed by atoms with Crippen LogP contribution in [0.2, 0.25) is 0 Å². The molecule has 236 valence electrons. The van der Waals surface area contributed by atoms with Crippen LogP contribution in [0.25, 0.3) is 33.5 Å². The molecule has 2 aromatic heterocycles. The SMILES string of the molecule is CC(C)(C)OC(=O)N[C@@H]1[C@@H]2CC[C@H]1N(C(=O)c1cc(F)c3c(c1)nc(-c1cc4ccccc4n1CC1CC1)n3CC1CNC1)C2. The third-order valence-corrected chi connectivity index (χ3v) is 10.1. The summed E-state index contributed by atoms with van der Waals surface area (Å²) in [6.07, 6.45) is 3.71. The highest BCUT2D eigenvalue weighted by atomic mass is 19.1. The van der Waals surface area contributed by atoms with Crippen molar-refractivity contribution in [1.82, 2.24) is 29.7 Å². The zero-order valence-corrected chi connectivity index (χ0v) is 26.2. The highest BCUT2D eigenvalue weighted by molar-refractivity contribution is 5.99. The van der Waals surface area contributed by atoms with Crippen molar-refractivity contribution in [2.75, 3.05) is 19.6 Å². The van der Waals surface area contributed by atoms with E-state index in [1.807, 2.05) is 36.3 Å².